The number of aromatic nitrogens is 2. The van der Waals surface area contributed by atoms with Crippen molar-refractivity contribution >= 4 is 39.6 Å². The van der Waals surface area contributed by atoms with E-state index in [0.717, 1.165) is 14.6 Å². The largest absolute Gasteiger partial charge is 0.478 e. The zero-order valence-corrected chi connectivity index (χ0v) is 9.52. The predicted octanol–water partition coefficient (Wildman–Crippen LogP) is 1.88. The molecule has 0 saturated heterocycles. The van der Waals surface area contributed by atoms with Gasteiger partial charge in [0, 0.05) is 28.4 Å². The molecule has 2 aromatic heterocycles. The van der Waals surface area contributed by atoms with Gasteiger partial charge in [-0.25, -0.2) is 9.78 Å². The number of pyridine rings is 1. The van der Waals surface area contributed by atoms with Crippen molar-refractivity contribution in [1.82, 2.24) is 9.55 Å². The fourth-order valence-corrected chi connectivity index (χ4v) is 2.15. The highest BCUT2D eigenvalue weighted by Crippen LogP contribution is 2.21. The summed E-state index contributed by atoms with van der Waals surface area (Å²) in [4.78, 5) is 14.8. The van der Waals surface area contributed by atoms with Crippen molar-refractivity contribution in [3.63, 3.8) is 0 Å². The van der Waals surface area contributed by atoms with Crippen molar-refractivity contribution in [3.05, 3.63) is 27.6 Å². The molecule has 0 unspecified atom stereocenters. The minimum atomic E-state index is -0.945. The summed E-state index contributed by atoms with van der Waals surface area (Å²) >= 11 is 2.17. The number of nitrogens with zero attached hydrogens (tertiary/aromatic N) is 2. The van der Waals surface area contributed by atoms with Gasteiger partial charge in [-0.05, 0) is 28.7 Å². The van der Waals surface area contributed by atoms with E-state index in [1.165, 1.54) is 6.20 Å². The highest BCUT2D eigenvalue weighted by Gasteiger charge is 2.09. The molecule has 0 amide bonds. The highest BCUT2D eigenvalue weighted by molar-refractivity contribution is 14.1. The fourth-order valence-electron chi connectivity index (χ4n) is 1.33. The van der Waals surface area contributed by atoms with Gasteiger partial charge in [0.2, 0.25) is 0 Å². The lowest BCUT2D eigenvalue weighted by Gasteiger charge is -1.96. The van der Waals surface area contributed by atoms with E-state index in [2.05, 4.69) is 27.6 Å². The molecule has 0 saturated carbocycles. The van der Waals surface area contributed by atoms with Crippen LogP contribution in [0.2, 0.25) is 0 Å². The molecule has 72 valence electrons. The molecule has 1 N–H and O–H groups in total. The Hall–Kier alpha value is -1.11. The average Bonchev–Trinajstić information content (AvgIpc) is 2.42. The van der Waals surface area contributed by atoms with E-state index < -0.39 is 5.97 Å². The molecule has 5 heteroatoms. The number of rotatable bonds is 1. The molecule has 2 aromatic rings. The molecular weight excluding hydrogens is 295 g/mol. The normalized spacial score (nSPS) is 10.7. The molecule has 0 fully saturated rings. The first-order valence-electron chi connectivity index (χ1n) is 3.93. The molecule has 14 heavy (non-hydrogen) atoms. The van der Waals surface area contributed by atoms with Gasteiger partial charge in [-0.2, -0.15) is 0 Å². The molecule has 0 bridgehead atoms. The molecular formula is C9H7IN2O2. The Labute approximate surface area is 93.7 Å². The first kappa shape index (κ1) is 9.45. The Bertz CT molecular complexity index is 519. The summed E-state index contributed by atoms with van der Waals surface area (Å²) in [6, 6.07) is 1.65. The van der Waals surface area contributed by atoms with Crippen molar-refractivity contribution in [2.24, 2.45) is 7.05 Å². The number of halogens is 1. The molecule has 0 aliphatic carbocycles. The number of aryl methyl sites for hydroxylation is 1. The second kappa shape index (κ2) is 3.23. The zero-order valence-electron chi connectivity index (χ0n) is 7.36. The van der Waals surface area contributed by atoms with E-state index in [1.807, 2.05) is 17.8 Å². The molecule has 0 aliphatic rings. The van der Waals surface area contributed by atoms with Crippen molar-refractivity contribution in [3.8, 4) is 0 Å². The first-order chi connectivity index (χ1) is 6.59. The molecule has 0 atom stereocenters. The number of carboxylic acid groups (broad SMARTS) is 1. The number of aromatic carboxylic acids is 1. The number of fused-ring (bicyclic) bond motifs is 1. The van der Waals surface area contributed by atoms with Gasteiger partial charge in [0.1, 0.15) is 5.65 Å². The van der Waals surface area contributed by atoms with Gasteiger partial charge in [0.15, 0.2) is 0 Å². The summed E-state index contributed by atoms with van der Waals surface area (Å²) < 4.78 is 2.89. The monoisotopic (exact) mass is 302 g/mol. The standard InChI is InChI=1S/C9H7IN2O2/c1-12-4-7(10)6-2-5(9(13)14)3-11-8(6)12/h2-4H,1H3,(H,13,14). The molecule has 4 nitrogen and oxygen atoms in total. The van der Waals surface area contributed by atoms with Gasteiger partial charge in [-0.15, -0.1) is 0 Å². The van der Waals surface area contributed by atoms with Crippen molar-refractivity contribution < 1.29 is 9.90 Å². The van der Waals surface area contributed by atoms with Crippen LogP contribution in [-0.2, 0) is 7.05 Å². The van der Waals surface area contributed by atoms with Crippen molar-refractivity contribution in [2.75, 3.05) is 0 Å². The predicted molar refractivity (Wildman–Crippen MR) is 60.4 cm³/mol. The second-order valence-electron chi connectivity index (χ2n) is 2.99. The van der Waals surface area contributed by atoms with Crippen LogP contribution in [0.25, 0.3) is 11.0 Å². The van der Waals surface area contributed by atoms with E-state index in [0.29, 0.717) is 0 Å². The lowest BCUT2D eigenvalue weighted by atomic mass is 10.2. The van der Waals surface area contributed by atoms with E-state index in [1.54, 1.807) is 6.07 Å². The molecule has 0 aromatic carbocycles. The van der Waals surface area contributed by atoms with Crippen molar-refractivity contribution in [2.45, 2.75) is 0 Å². The fraction of sp³-hybridized carbons (Fsp3) is 0.111. The van der Waals surface area contributed by atoms with Gasteiger partial charge in [0.05, 0.1) is 5.56 Å². The van der Waals surface area contributed by atoms with E-state index >= 15 is 0 Å². The number of carbonyl (C=O) groups is 1. The van der Waals surface area contributed by atoms with Crippen LogP contribution in [0.15, 0.2) is 18.5 Å². The smallest absolute Gasteiger partial charge is 0.337 e. The Balaban J connectivity index is 2.77. The van der Waals surface area contributed by atoms with E-state index in [4.69, 9.17) is 5.11 Å². The summed E-state index contributed by atoms with van der Waals surface area (Å²) in [7, 11) is 1.89. The third kappa shape index (κ3) is 1.37. The van der Waals surface area contributed by atoms with E-state index in [9.17, 15) is 4.79 Å². The topological polar surface area (TPSA) is 55.1 Å². The Morgan fingerprint density at radius 3 is 3.00 bits per heavy atom. The van der Waals surface area contributed by atoms with Crippen LogP contribution in [-0.4, -0.2) is 20.6 Å². The maximum Gasteiger partial charge on any atom is 0.337 e. The van der Waals surface area contributed by atoms with Crippen LogP contribution in [0.5, 0.6) is 0 Å². The third-order valence-electron chi connectivity index (χ3n) is 2.01. The van der Waals surface area contributed by atoms with Crippen LogP contribution in [0, 0.1) is 3.57 Å². The molecule has 0 aliphatic heterocycles. The van der Waals surface area contributed by atoms with Crippen LogP contribution in [0.4, 0.5) is 0 Å². The minimum Gasteiger partial charge on any atom is -0.478 e. The number of hydrogen-bond donors (Lipinski definition) is 1. The quantitative estimate of drug-likeness (QED) is 0.818. The Kier molecular flexibility index (Phi) is 2.18. The second-order valence-corrected chi connectivity index (χ2v) is 4.15. The minimum absolute atomic E-state index is 0.224. The number of carboxylic acids is 1. The van der Waals surface area contributed by atoms with Gasteiger partial charge in [0.25, 0.3) is 0 Å². The maximum absolute atomic E-state index is 10.7. The average molecular weight is 302 g/mol. The molecule has 2 heterocycles. The molecule has 0 spiro atoms. The zero-order chi connectivity index (χ0) is 10.3. The summed E-state index contributed by atoms with van der Waals surface area (Å²) in [6.45, 7) is 0. The van der Waals surface area contributed by atoms with Crippen LogP contribution >= 0.6 is 22.6 Å². The highest BCUT2D eigenvalue weighted by atomic mass is 127. The van der Waals surface area contributed by atoms with Gasteiger partial charge >= 0.3 is 5.97 Å². The maximum atomic E-state index is 10.7. The Morgan fingerprint density at radius 1 is 1.64 bits per heavy atom. The van der Waals surface area contributed by atoms with Gasteiger partial charge in [-0.3, -0.25) is 0 Å². The van der Waals surface area contributed by atoms with Gasteiger partial charge < -0.3 is 9.67 Å². The van der Waals surface area contributed by atoms with Gasteiger partial charge in [-0.1, -0.05) is 0 Å². The SMILES string of the molecule is Cn1cc(I)c2cc(C(=O)O)cnc21. The summed E-state index contributed by atoms with van der Waals surface area (Å²) in [5.41, 5.74) is 1.03. The lowest BCUT2D eigenvalue weighted by molar-refractivity contribution is 0.0696. The summed E-state index contributed by atoms with van der Waals surface area (Å²) in [6.07, 6.45) is 3.30. The van der Waals surface area contributed by atoms with E-state index in [-0.39, 0.29) is 5.56 Å². The molecule has 2 rings (SSSR count). The molecule has 0 radical (unpaired) electrons. The van der Waals surface area contributed by atoms with Crippen molar-refractivity contribution in [1.29, 1.82) is 0 Å². The summed E-state index contributed by atoms with van der Waals surface area (Å²) in [5, 5.41) is 9.68. The third-order valence-corrected chi connectivity index (χ3v) is 2.87. The first-order valence-corrected chi connectivity index (χ1v) is 5.01. The Morgan fingerprint density at radius 2 is 2.36 bits per heavy atom. The van der Waals surface area contributed by atoms with Crippen LogP contribution < -0.4 is 0 Å². The summed E-state index contributed by atoms with van der Waals surface area (Å²) in [5.74, 6) is -0.945. The number of hydrogen-bond acceptors (Lipinski definition) is 2. The van der Waals surface area contributed by atoms with Crippen LogP contribution in [0.3, 0.4) is 0 Å². The lowest BCUT2D eigenvalue weighted by Crippen LogP contribution is -1.97. The van der Waals surface area contributed by atoms with Crippen LogP contribution in [0.1, 0.15) is 10.4 Å².